The molecule has 1 aromatic carbocycles. The van der Waals surface area contributed by atoms with Crippen molar-refractivity contribution in [1.29, 1.82) is 0 Å². The summed E-state index contributed by atoms with van der Waals surface area (Å²) in [6.45, 7) is 5.86. The SMILES string of the molecule is CCSc1nc(N2CCOCC2)c2cnn(CCNC(=O)COc3ccc(OC)cc3)c2n1. The highest BCUT2D eigenvalue weighted by Gasteiger charge is 2.20. The van der Waals surface area contributed by atoms with Crippen LogP contribution in [0.15, 0.2) is 35.6 Å². The van der Waals surface area contributed by atoms with Crippen molar-refractivity contribution in [2.75, 3.05) is 57.2 Å². The molecule has 3 aromatic rings. The van der Waals surface area contributed by atoms with Crippen LogP contribution in [0.1, 0.15) is 6.92 Å². The molecule has 10 nitrogen and oxygen atoms in total. The largest absolute Gasteiger partial charge is 0.497 e. The van der Waals surface area contributed by atoms with Crippen LogP contribution in [0.5, 0.6) is 11.5 Å². The second-order valence-corrected chi connectivity index (χ2v) is 8.51. The standard InChI is InChI=1S/C22H28N6O4S/c1-3-33-22-25-20(27-10-12-31-13-11-27)18-14-24-28(21(18)26-22)9-8-23-19(29)15-32-17-6-4-16(30-2)5-7-17/h4-7,14H,3,8-13,15H2,1-2H3,(H,23,29). The van der Waals surface area contributed by atoms with E-state index in [2.05, 4.69) is 22.2 Å². The Morgan fingerprint density at radius 2 is 1.94 bits per heavy atom. The van der Waals surface area contributed by atoms with Crippen LogP contribution in [-0.2, 0) is 16.1 Å². The molecule has 0 spiro atoms. The Bertz CT molecular complexity index is 1070. The van der Waals surface area contributed by atoms with Crippen LogP contribution in [-0.4, -0.2) is 78.0 Å². The normalized spacial score (nSPS) is 13.8. The third kappa shape index (κ3) is 5.85. The molecular weight excluding hydrogens is 444 g/mol. The number of benzene rings is 1. The van der Waals surface area contributed by atoms with Gasteiger partial charge in [0.15, 0.2) is 17.4 Å². The Hall–Kier alpha value is -3.05. The molecule has 3 heterocycles. The maximum atomic E-state index is 12.2. The molecule has 1 saturated heterocycles. The van der Waals surface area contributed by atoms with Crippen molar-refractivity contribution in [1.82, 2.24) is 25.1 Å². The Kier molecular flexibility index (Phi) is 7.84. The molecule has 11 heteroatoms. The van der Waals surface area contributed by atoms with Gasteiger partial charge in [-0.25, -0.2) is 14.6 Å². The number of carbonyl (C=O) groups is 1. The van der Waals surface area contributed by atoms with Crippen LogP contribution in [0.2, 0.25) is 0 Å². The molecule has 0 bridgehead atoms. The molecule has 1 aliphatic rings. The molecule has 0 aliphatic carbocycles. The first kappa shape index (κ1) is 23.1. The summed E-state index contributed by atoms with van der Waals surface area (Å²) in [6.07, 6.45) is 1.80. The predicted octanol–water partition coefficient (Wildman–Crippen LogP) is 1.98. The van der Waals surface area contributed by atoms with Gasteiger partial charge in [0.2, 0.25) is 0 Å². The summed E-state index contributed by atoms with van der Waals surface area (Å²) in [4.78, 5) is 23.9. The van der Waals surface area contributed by atoms with Crippen molar-refractivity contribution in [3.05, 3.63) is 30.5 Å². The van der Waals surface area contributed by atoms with Gasteiger partial charge in [0.1, 0.15) is 17.3 Å². The number of hydrogen-bond acceptors (Lipinski definition) is 9. The lowest BCUT2D eigenvalue weighted by Crippen LogP contribution is -2.37. The van der Waals surface area contributed by atoms with Crippen LogP contribution >= 0.6 is 11.8 Å². The van der Waals surface area contributed by atoms with Gasteiger partial charge in [-0.3, -0.25) is 4.79 Å². The van der Waals surface area contributed by atoms with Gasteiger partial charge in [0.25, 0.3) is 5.91 Å². The van der Waals surface area contributed by atoms with E-state index < -0.39 is 0 Å². The highest BCUT2D eigenvalue weighted by atomic mass is 32.2. The lowest BCUT2D eigenvalue weighted by atomic mass is 10.3. The summed E-state index contributed by atoms with van der Waals surface area (Å²) in [5.41, 5.74) is 0.770. The lowest BCUT2D eigenvalue weighted by molar-refractivity contribution is -0.123. The fourth-order valence-electron chi connectivity index (χ4n) is 3.47. The smallest absolute Gasteiger partial charge is 0.258 e. The molecule has 2 aromatic heterocycles. The monoisotopic (exact) mass is 472 g/mol. The van der Waals surface area contributed by atoms with E-state index in [0.29, 0.717) is 32.1 Å². The molecule has 0 radical (unpaired) electrons. The number of morpholine rings is 1. The summed E-state index contributed by atoms with van der Waals surface area (Å²) in [7, 11) is 1.60. The summed E-state index contributed by atoms with van der Waals surface area (Å²) in [5.74, 6) is 2.92. The molecule has 1 N–H and O–H groups in total. The number of fused-ring (bicyclic) bond motifs is 1. The number of anilines is 1. The zero-order valence-corrected chi connectivity index (χ0v) is 19.6. The van der Waals surface area contributed by atoms with Crippen molar-refractivity contribution in [3.8, 4) is 11.5 Å². The number of ether oxygens (including phenoxy) is 3. The topological polar surface area (TPSA) is 104 Å². The van der Waals surface area contributed by atoms with Gasteiger partial charge in [-0.2, -0.15) is 5.10 Å². The van der Waals surface area contributed by atoms with Crippen LogP contribution in [0, 0.1) is 0 Å². The number of thioether (sulfide) groups is 1. The highest BCUT2D eigenvalue weighted by molar-refractivity contribution is 7.99. The zero-order chi connectivity index (χ0) is 23.0. The predicted molar refractivity (Wildman–Crippen MR) is 126 cm³/mol. The van der Waals surface area contributed by atoms with Gasteiger partial charge in [-0.15, -0.1) is 0 Å². The summed E-state index contributed by atoms with van der Waals surface area (Å²) < 4.78 is 17.9. The van der Waals surface area contributed by atoms with Crippen molar-refractivity contribution in [2.24, 2.45) is 0 Å². The first-order valence-electron chi connectivity index (χ1n) is 10.9. The molecule has 0 atom stereocenters. The number of carbonyl (C=O) groups excluding carboxylic acids is 1. The van der Waals surface area contributed by atoms with Gasteiger partial charge in [0.05, 0.1) is 38.5 Å². The van der Waals surface area contributed by atoms with E-state index in [0.717, 1.165) is 46.6 Å². The third-order valence-corrected chi connectivity index (χ3v) is 5.84. The van der Waals surface area contributed by atoms with Crippen molar-refractivity contribution < 1.29 is 19.0 Å². The van der Waals surface area contributed by atoms with E-state index in [1.165, 1.54) is 0 Å². The minimum absolute atomic E-state index is 0.0627. The molecule has 0 unspecified atom stereocenters. The minimum Gasteiger partial charge on any atom is -0.497 e. The quantitative estimate of drug-likeness (QED) is 0.350. The Morgan fingerprint density at radius 1 is 1.18 bits per heavy atom. The van der Waals surface area contributed by atoms with Crippen molar-refractivity contribution >= 4 is 34.5 Å². The number of amides is 1. The molecule has 1 aliphatic heterocycles. The van der Waals surface area contributed by atoms with E-state index in [-0.39, 0.29) is 12.5 Å². The van der Waals surface area contributed by atoms with E-state index in [1.54, 1.807) is 49.3 Å². The van der Waals surface area contributed by atoms with E-state index in [4.69, 9.17) is 24.2 Å². The second-order valence-electron chi connectivity index (χ2n) is 7.28. The maximum absolute atomic E-state index is 12.2. The van der Waals surface area contributed by atoms with Gasteiger partial charge < -0.3 is 24.4 Å². The maximum Gasteiger partial charge on any atom is 0.258 e. The summed E-state index contributed by atoms with van der Waals surface area (Å²) in [5, 5.41) is 9.02. The molecule has 4 rings (SSSR count). The van der Waals surface area contributed by atoms with Crippen molar-refractivity contribution in [3.63, 3.8) is 0 Å². The molecular formula is C22H28N6O4S. The molecule has 0 saturated carbocycles. The first-order valence-corrected chi connectivity index (χ1v) is 11.9. The fourth-order valence-corrected chi connectivity index (χ4v) is 4.03. The fraction of sp³-hybridized carbons (Fsp3) is 0.455. The lowest BCUT2D eigenvalue weighted by Gasteiger charge is -2.28. The number of hydrogen-bond donors (Lipinski definition) is 1. The van der Waals surface area contributed by atoms with Gasteiger partial charge >= 0.3 is 0 Å². The number of nitrogens with one attached hydrogen (secondary N) is 1. The average Bonchev–Trinajstić information content (AvgIpc) is 3.26. The summed E-state index contributed by atoms with van der Waals surface area (Å²) in [6, 6.07) is 7.10. The minimum atomic E-state index is -0.201. The molecule has 1 fully saturated rings. The van der Waals surface area contributed by atoms with Crippen molar-refractivity contribution in [2.45, 2.75) is 18.6 Å². The molecule has 33 heavy (non-hydrogen) atoms. The van der Waals surface area contributed by atoms with E-state index in [1.807, 2.05) is 4.68 Å². The highest BCUT2D eigenvalue weighted by Crippen LogP contribution is 2.27. The second kappa shape index (κ2) is 11.2. The van der Waals surface area contributed by atoms with Crippen LogP contribution in [0.3, 0.4) is 0 Å². The average molecular weight is 473 g/mol. The first-order chi connectivity index (χ1) is 16.2. The Balaban J connectivity index is 1.37. The van der Waals surface area contributed by atoms with E-state index >= 15 is 0 Å². The van der Waals surface area contributed by atoms with Gasteiger partial charge in [0, 0.05) is 19.6 Å². The zero-order valence-electron chi connectivity index (χ0n) is 18.8. The van der Waals surface area contributed by atoms with Crippen LogP contribution in [0.25, 0.3) is 11.0 Å². The van der Waals surface area contributed by atoms with Crippen LogP contribution in [0.4, 0.5) is 5.82 Å². The Morgan fingerprint density at radius 3 is 2.67 bits per heavy atom. The summed E-state index contributed by atoms with van der Waals surface area (Å²) >= 11 is 1.60. The third-order valence-electron chi connectivity index (χ3n) is 5.11. The van der Waals surface area contributed by atoms with Gasteiger partial charge in [-0.05, 0) is 30.0 Å². The van der Waals surface area contributed by atoms with Gasteiger partial charge in [-0.1, -0.05) is 18.7 Å². The number of rotatable bonds is 10. The number of nitrogens with zero attached hydrogens (tertiary/aromatic N) is 5. The Labute approximate surface area is 196 Å². The van der Waals surface area contributed by atoms with Crippen LogP contribution < -0.4 is 19.7 Å². The number of aromatic nitrogens is 4. The number of methoxy groups -OCH3 is 1. The van der Waals surface area contributed by atoms with E-state index in [9.17, 15) is 4.79 Å². The molecule has 1 amide bonds. The molecule has 176 valence electrons.